The van der Waals surface area contributed by atoms with Crippen LogP contribution in [-0.2, 0) is 10.0 Å². The number of primary sulfonamides is 1. The average Bonchev–Trinajstić information content (AvgIpc) is 2.57. The lowest BCUT2D eigenvalue weighted by Gasteiger charge is -2.37. The predicted molar refractivity (Wildman–Crippen MR) is 93.5 cm³/mol. The van der Waals surface area contributed by atoms with Gasteiger partial charge in [0.15, 0.2) is 0 Å². The third-order valence-corrected chi connectivity index (χ3v) is 5.94. The highest BCUT2D eigenvalue weighted by Crippen LogP contribution is 2.44. The predicted octanol–water partition coefficient (Wildman–Crippen LogP) is 3.36. The second-order valence-corrected chi connectivity index (χ2v) is 7.60. The van der Waals surface area contributed by atoms with Gasteiger partial charge in [0.05, 0.1) is 0 Å². The highest BCUT2D eigenvalue weighted by Gasteiger charge is 2.47. The molecule has 23 heavy (non-hydrogen) atoms. The molecule has 1 unspecified atom stereocenters. The van der Waals surface area contributed by atoms with E-state index in [2.05, 4.69) is 0 Å². The van der Waals surface area contributed by atoms with Gasteiger partial charge in [0.2, 0.25) is 10.0 Å². The Hall–Kier alpha value is -2.17. The Kier molecular flexibility index (Phi) is 4.20. The first-order valence-corrected chi connectivity index (χ1v) is 9.06. The second-order valence-electron chi connectivity index (χ2n) is 5.75. The van der Waals surface area contributed by atoms with E-state index in [-0.39, 0.29) is 5.92 Å². The molecule has 2 aromatic carbocycles. The van der Waals surface area contributed by atoms with Crippen molar-refractivity contribution in [1.82, 2.24) is 0 Å². The molecule has 0 heterocycles. The Bertz CT molecular complexity index is 787. The van der Waals surface area contributed by atoms with Crippen LogP contribution in [0.25, 0.3) is 0 Å². The maximum atomic E-state index is 12.6. The quantitative estimate of drug-likeness (QED) is 0.937. The zero-order valence-electron chi connectivity index (χ0n) is 12.7. The minimum Gasteiger partial charge on any atom is -0.228 e. The topological polar surface area (TPSA) is 60.2 Å². The van der Waals surface area contributed by atoms with E-state index in [1.54, 1.807) is 12.2 Å². The van der Waals surface area contributed by atoms with Crippen LogP contribution in [-0.4, -0.2) is 13.2 Å². The van der Waals surface area contributed by atoms with Gasteiger partial charge in [-0.05, 0) is 17.5 Å². The van der Waals surface area contributed by atoms with E-state index in [0.29, 0.717) is 6.42 Å². The molecule has 2 N–H and O–H groups in total. The van der Waals surface area contributed by atoms with Crippen molar-refractivity contribution in [3.63, 3.8) is 0 Å². The van der Waals surface area contributed by atoms with Gasteiger partial charge < -0.3 is 0 Å². The van der Waals surface area contributed by atoms with Gasteiger partial charge in [-0.2, -0.15) is 0 Å². The number of sulfonamides is 1. The highest BCUT2D eigenvalue weighted by atomic mass is 32.2. The van der Waals surface area contributed by atoms with Crippen LogP contribution in [0.1, 0.15) is 23.5 Å². The van der Waals surface area contributed by atoms with Gasteiger partial charge in [-0.15, -0.1) is 0 Å². The fourth-order valence-corrected chi connectivity index (χ4v) is 4.45. The molecule has 0 saturated heterocycles. The van der Waals surface area contributed by atoms with Crippen LogP contribution < -0.4 is 5.14 Å². The Morgan fingerprint density at radius 2 is 1.39 bits per heavy atom. The molecule has 3 nitrogen and oxygen atoms in total. The molecule has 2 aromatic rings. The minimum absolute atomic E-state index is 0.358. The van der Waals surface area contributed by atoms with Gasteiger partial charge in [0.25, 0.3) is 0 Å². The first kappa shape index (κ1) is 15.7. The van der Waals surface area contributed by atoms with E-state index < -0.39 is 14.8 Å². The van der Waals surface area contributed by atoms with Crippen molar-refractivity contribution < 1.29 is 8.42 Å². The molecule has 0 aliphatic heterocycles. The summed E-state index contributed by atoms with van der Waals surface area (Å²) in [6, 6.07) is 19.3. The van der Waals surface area contributed by atoms with Crippen molar-refractivity contribution in [3.8, 4) is 0 Å². The summed E-state index contributed by atoms with van der Waals surface area (Å²) in [5.41, 5.74) is 1.88. The monoisotopic (exact) mass is 325 g/mol. The molecule has 3 rings (SSSR count). The summed E-state index contributed by atoms with van der Waals surface area (Å²) in [7, 11) is -3.82. The van der Waals surface area contributed by atoms with Crippen molar-refractivity contribution in [3.05, 3.63) is 96.1 Å². The van der Waals surface area contributed by atoms with Crippen LogP contribution in [0.2, 0.25) is 0 Å². The number of benzene rings is 2. The van der Waals surface area contributed by atoms with E-state index in [1.165, 1.54) is 0 Å². The third kappa shape index (κ3) is 2.87. The van der Waals surface area contributed by atoms with Crippen molar-refractivity contribution in [2.24, 2.45) is 5.14 Å². The molecule has 1 aliphatic carbocycles. The average molecular weight is 325 g/mol. The largest absolute Gasteiger partial charge is 0.228 e. The fourth-order valence-electron chi connectivity index (χ4n) is 3.25. The third-order valence-electron chi connectivity index (χ3n) is 4.35. The van der Waals surface area contributed by atoms with E-state index in [1.807, 2.05) is 72.8 Å². The zero-order chi connectivity index (χ0) is 16.3. The van der Waals surface area contributed by atoms with E-state index >= 15 is 0 Å². The zero-order valence-corrected chi connectivity index (χ0v) is 13.5. The van der Waals surface area contributed by atoms with Gasteiger partial charge >= 0.3 is 0 Å². The summed E-state index contributed by atoms with van der Waals surface area (Å²) < 4.78 is 24.0. The van der Waals surface area contributed by atoms with Crippen molar-refractivity contribution >= 4 is 10.0 Å². The fraction of sp³-hybridized carbons (Fsp3) is 0.158. The van der Waals surface area contributed by atoms with Crippen LogP contribution in [0, 0.1) is 0 Å². The molecule has 0 saturated carbocycles. The lowest BCUT2D eigenvalue weighted by Crippen LogP contribution is -2.47. The Balaban J connectivity index is 2.26. The summed E-state index contributed by atoms with van der Waals surface area (Å²) in [4.78, 5) is 0. The first-order valence-electron chi connectivity index (χ1n) is 7.51. The van der Waals surface area contributed by atoms with E-state index in [9.17, 15) is 8.42 Å². The highest BCUT2D eigenvalue weighted by molar-refractivity contribution is 7.90. The second kappa shape index (κ2) is 6.14. The maximum absolute atomic E-state index is 12.6. The lowest BCUT2D eigenvalue weighted by molar-refractivity contribution is 0.523. The van der Waals surface area contributed by atoms with Crippen LogP contribution in [0.3, 0.4) is 0 Å². The molecule has 0 bridgehead atoms. The number of hydrogen-bond acceptors (Lipinski definition) is 2. The molecule has 0 radical (unpaired) electrons. The number of rotatable bonds is 4. The number of allylic oxidation sites excluding steroid dienone is 3. The van der Waals surface area contributed by atoms with Gasteiger partial charge in [-0.1, -0.05) is 85.0 Å². The SMILES string of the molecule is NS(=O)(=O)C1(C(c2ccccc2)c2ccccc2)C=CC=CC1. The van der Waals surface area contributed by atoms with E-state index in [4.69, 9.17) is 5.14 Å². The van der Waals surface area contributed by atoms with Gasteiger partial charge in [0.1, 0.15) is 4.75 Å². The Morgan fingerprint density at radius 1 is 0.870 bits per heavy atom. The molecule has 1 aliphatic rings. The van der Waals surface area contributed by atoms with Crippen LogP contribution in [0.4, 0.5) is 0 Å². The lowest BCUT2D eigenvalue weighted by atomic mass is 9.77. The van der Waals surface area contributed by atoms with Gasteiger partial charge in [-0.25, -0.2) is 13.6 Å². The van der Waals surface area contributed by atoms with Crippen molar-refractivity contribution in [2.45, 2.75) is 17.1 Å². The molecule has 0 aromatic heterocycles. The molecule has 0 spiro atoms. The van der Waals surface area contributed by atoms with E-state index in [0.717, 1.165) is 11.1 Å². The summed E-state index contributed by atoms with van der Waals surface area (Å²) in [5.74, 6) is -0.360. The molecule has 1 atom stereocenters. The van der Waals surface area contributed by atoms with Gasteiger partial charge in [0, 0.05) is 5.92 Å². The number of nitrogens with two attached hydrogens (primary N) is 1. The molecular formula is C19H19NO2S. The smallest absolute Gasteiger partial charge is 0.219 e. The molecule has 118 valence electrons. The Morgan fingerprint density at radius 3 is 1.78 bits per heavy atom. The van der Waals surface area contributed by atoms with Crippen molar-refractivity contribution in [2.75, 3.05) is 0 Å². The molecule has 4 heteroatoms. The van der Waals surface area contributed by atoms with Crippen LogP contribution >= 0.6 is 0 Å². The van der Waals surface area contributed by atoms with Crippen molar-refractivity contribution in [1.29, 1.82) is 0 Å². The summed E-state index contributed by atoms with van der Waals surface area (Å²) in [6.07, 6.45) is 7.58. The van der Waals surface area contributed by atoms with Crippen LogP contribution in [0.5, 0.6) is 0 Å². The van der Waals surface area contributed by atoms with Crippen LogP contribution in [0.15, 0.2) is 85.0 Å². The Labute approximate surface area is 137 Å². The molecular weight excluding hydrogens is 306 g/mol. The van der Waals surface area contributed by atoms with Gasteiger partial charge in [-0.3, -0.25) is 0 Å². The summed E-state index contributed by atoms with van der Waals surface area (Å²) in [5, 5.41) is 5.71. The summed E-state index contributed by atoms with van der Waals surface area (Å²) >= 11 is 0. The number of hydrogen-bond donors (Lipinski definition) is 1. The maximum Gasteiger partial charge on any atom is 0.219 e. The minimum atomic E-state index is -3.82. The standard InChI is InChI=1S/C19H19NO2S/c20-23(21,22)19(14-8-3-9-15-19)18(16-10-4-1-5-11-16)17-12-6-2-7-13-17/h1-14,18H,15H2,(H2,20,21,22). The summed E-state index contributed by atoms with van der Waals surface area (Å²) in [6.45, 7) is 0. The molecule has 0 amide bonds. The molecule has 0 fully saturated rings. The first-order chi connectivity index (χ1) is 11.0. The normalized spacial score (nSPS) is 20.8.